The highest BCUT2D eigenvalue weighted by Gasteiger charge is 2.50. The Bertz CT molecular complexity index is 408. The number of alkyl halides is 2. The first-order chi connectivity index (χ1) is 7.99. The Kier molecular flexibility index (Phi) is 3.11. The quantitative estimate of drug-likeness (QED) is 0.795. The van der Waals surface area contributed by atoms with Crippen molar-refractivity contribution in [3.05, 3.63) is 35.9 Å². The van der Waals surface area contributed by atoms with Crippen LogP contribution in [0.2, 0.25) is 0 Å². The zero-order valence-electron chi connectivity index (χ0n) is 9.40. The third-order valence-corrected chi connectivity index (χ3v) is 2.74. The van der Waals surface area contributed by atoms with Crippen LogP contribution in [0.4, 0.5) is 8.78 Å². The van der Waals surface area contributed by atoms with Gasteiger partial charge in [0, 0.05) is 13.5 Å². The first-order valence-electron chi connectivity index (χ1n) is 5.35. The number of rotatable bonds is 2. The number of benzene rings is 1. The molecule has 1 saturated heterocycles. The molecule has 0 spiro atoms. The summed E-state index contributed by atoms with van der Waals surface area (Å²) in [7, 11) is 0. The molecule has 1 aromatic carbocycles. The van der Waals surface area contributed by atoms with Crippen molar-refractivity contribution < 1.29 is 18.4 Å². The lowest BCUT2D eigenvalue weighted by Crippen LogP contribution is -2.28. The molecule has 0 bridgehead atoms. The van der Waals surface area contributed by atoms with Gasteiger partial charge in [-0.1, -0.05) is 30.3 Å². The molecule has 92 valence electrons. The van der Waals surface area contributed by atoms with E-state index in [-0.39, 0.29) is 6.54 Å². The molecule has 1 heterocycles. The second-order valence-electron chi connectivity index (χ2n) is 4.13. The molecule has 1 aliphatic rings. The van der Waals surface area contributed by atoms with Crippen LogP contribution in [0.15, 0.2) is 30.3 Å². The predicted octanol–water partition coefficient (Wildman–Crippen LogP) is 2.20. The maximum atomic E-state index is 13.8. The minimum absolute atomic E-state index is 0.0244. The minimum atomic E-state index is -2.88. The van der Waals surface area contributed by atoms with Crippen LogP contribution >= 0.6 is 0 Å². The van der Waals surface area contributed by atoms with Gasteiger partial charge in [-0.15, -0.1) is 5.06 Å². The van der Waals surface area contributed by atoms with E-state index in [9.17, 15) is 13.6 Å². The molecular formula is C12H13F2NO2. The van der Waals surface area contributed by atoms with Crippen LogP contribution in [0, 0.1) is 0 Å². The van der Waals surface area contributed by atoms with E-state index in [1.165, 1.54) is 6.92 Å². The maximum absolute atomic E-state index is 13.8. The molecule has 1 aromatic rings. The summed E-state index contributed by atoms with van der Waals surface area (Å²) in [5.41, 5.74) is 0.562. The summed E-state index contributed by atoms with van der Waals surface area (Å²) in [6.07, 6.45) is 0. The van der Waals surface area contributed by atoms with E-state index in [1.807, 2.05) is 0 Å². The van der Waals surface area contributed by atoms with Crippen molar-refractivity contribution in [2.24, 2.45) is 0 Å². The molecule has 1 aliphatic heterocycles. The maximum Gasteiger partial charge on any atom is 0.322 e. The molecule has 0 amide bonds. The fourth-order valence-electron chi connectivity index (χ4n) is 2.03. The second kappa shape index (κ2) is 4.41. The summed E-state index contributed by atoms with van der Waals surface area (Å²) in [4.78, 5) is 15.5. The van der Waals surface area contributed by atoms with Gasteiger partial charge < -0.3 is 4.84 Å². The zero-order chi connectivity index (χ0) is 12.5. The number of carbonyl (C=O) groups excluding carboxylic acids is 1. The average molecular weight is 241 g/mol. The Morgan fingerprint density at radius 1 is 1.41 bits per heavy atom. The largest absolute Gasteiger partial charge is 0.368 e. The van der Waals surface area contributed by atoms with E-state index in [1.54, 1.807) is 30.3 Å². The number of hydrogen-bond donors (Lipinski definition) is 0. The van der Waals surface area contributed by atoms with E-state index in [0.717, 1.165) is 5.06 Å². The molecule has 0 aliphatic carbocycles. The van der Waals surface area contributed by atoms with Crippen LogP contribution in [0.5, 0.6) is 0 Å². The van der Waals surface area contributed by atoms with E-state index in [4.69, 9.17) is 4.84 Å². The number of hydrogen-bond acceptors (Lipinski definition) is 3. The van der Waals surface area contributed by atoms with Gasteiger partial charge in [-0.05, 0) is 5.56 Å². The third kappa shape index (κ3) is 2.61. The van der Waals surface area contributed by atoms with Gasteiger partial charge in [-0.25, -0.2) is 8.78 Å². The van der Waals surface area contributed by atoms with Crippen LogP contribution in [-0.2, 0) is 9.63 Å². The summed E-state index contributed by atoms with van der Waals surface area (Å²) in [6, 6.07) is 8.55. The second-order valence-corrected chi connectivity index (χ2v) is 4.13. The van der Waals surface area contributed by atoms with E-state index >= 15 is 0 Å². The van der Waals surface area contributed by atoms with Crippen molar-refractivity contribution in [1.82, 2.24) is 5.06 Å². The molecule has 1 atom stereocenters. The molecular weight excluding hydrogens is 228 g/mol. The van der Waals surface area contributed by atoms with Gasteiger partial charge >= 0.3 is 5.97 Å². The lowest BCUT2D eigenvalue weighted by atomic mass is 9.96. The van der Waals surface area contributed by atoms with Crippen molar-refractivity contribution in [2.45, 2.75) is 18.8 Å². The van der Waals surface area contributed by atoms with Gasteiger partial charge in [0.05, 0.1) is 12.5 Å². The van der Waals surface area contributed by atoms with Gasteiger partial charge in [0.1, 0.15) is 0 Å². The van der Waals surface area contributed by atoms with Gasteiger partial charge in [-0.3, -0.25) is 4.79 Å². The average Bonchev–Trinajstić information content (AvgIpc) is 2.53. The van der Waals surface area contributed by atoms with E-state index in [0.29, 0.717) is 5.56 Å². The standard InChI is InChI=1S/C12H13F2NO2/c1-9(16)17-15-7-11(12(13,14)8-15)10-5-3-2-4-6-10/h2-6,11H,7-8H2,1H3. The number of hydroxylamine groups is 2. The molecule has 3 nitrogen and oxygen atoms in total. The van der Waals surface area contributed by atoms with Crippen LogP contribution in [0.25, 0.3) is 0 Å². The highest BCUT2D eigenvalue weighted by molar-refractivity contribution is 5.65. The van der Waals surface area contributed by atoms with Crippen molar-refractivity contribution in [2.75, 3.05) is 13.1 Å². The topological polar surface area (TPSA) is 29.5 Å². The molecule has 2 rings (SSSR count). The first-order valence-corrected chi connectivity index (χ1v) is 5.35. The fourth-order valence-corrected chi connectivity index (χ4v) is 2.03. The molecule has 17 heavy (non-hydrogen) atoms. The van der Waals surface area contributed by atoms with Crippen molar-refractivity contribution >= 4 is 5.97 Å². The highest BCUT2D eigenvalue weighted by atomic mass is 19.3. The summed E-state index contributed by atoms with van der Waals surface area (Å²) >= 11 is 0. The van der Waals surface area contributed by atoms with E-state index < -0.39 is 24.4 Å². The predicted molar refractivity (Wildman–Crippen MR) is 57.5 cm³/mol. The number of nitrogens with zero attached hydrogens (tertiary/aromatic N) is 1. The molecule has 1 fully saturated rings. The third-order valence-electron chi connectivity index (χ3n) is 2.74. The molecule has 1 unspecified atom stereocenters. The Balaban J connectivity index is 2.16. The Morgan fingerprint density at radius 2 is 2.06 bits per heavy atom. The molecule has 5 heteroatoms. The van der Waals surface area contributed by atoms with Crippen molar-refractivity contribution in [1.29, 1.82) is 0 Å². The summed E-state index contributed by atoms with van der Waals surface area (Å²) in [5.74, 6) is -4.38. The molecule has 0 saturated carbocycles. The number of carbonyl (C=O) groups is 1. The van der Waals surface area contributed by atoms with Crippen molar-refractivity contribution in [3.63, 3.8) is 0 Å². The molecule has 0 aromatic heterocycles. The van der Waals surface area contributed by atoms with Gasteiger partial charge in [0.15, 0.2) is 0 Å². The molecule has 0 radical (unpaired) electrons. The smallest absolute Gasteiger partial charge is 0.322 e. The summed E-state index contributed by atoms with van der Waals surface area (Å²) < 4.78 is 27.5. The Morgan fingerprint density at radius 3 is 2.65 bits per heavy atom. The Labute approximate surface area is 97.9 Å². The lowest BCUT2D eigenvalue weighted by molar-refractivity contribution is -0.187. The Hall–Kier alpha value is -1.49. The molecule has 0 N–H and O–H groups in total. The van der Waals surface area contributed by atoms with Crippen LogP contribution in [0.1, 0.15) is 18.4 Å². The SMILES string of the molecule is CC(=O)ON1CC(c2ccccc2)C(F)(F)C1. The van der Waals surface area contributed by atoms with Crippen LogP contribution < -0.4 is 0 Å². The van der Waals surface area contributed by atoms with Crippen molar-refractivity contribution in [3.8, 4) is 0 Å². The summed E-state index contributed by atoms with van der Waals surface area (Å²) in [5, 5.41) is 1.03. The zero-order valence-corrected chi connectivity index (χ0v) is 9.40. The van der Waals surface area contributed by atoms with E-state index in [2.05, 4.69) is 0 Å². The normalized spacial score (nSPS) is 23.6. The monoisotopic (exact) mass is 241 g/mol. The fraction of sp³-hybridized carbons (Fsp3) is 0.417. The van der Waals surface area contributed by atoms with Gasteiger partial charge in [0.2, 0.25) is 0 Å². The van der Waals surface area contributed by atoms with Gasteiger partial charge in [-0.2, -0.15) is 0 Å². The van der Waals surface area contributed by atoms with Crippen LogP contribution in [0.3, 0.4) is 0 Å². The first kappa shape index (κ1) is 12.0. The summed E-state index contributed by atoms with van der Waals surface area (Å²) in [6.45, 7) is 0.677. The minimum Gasteiger partial charge on any atom is -0.368 e. The van der Waals surface area contributed by atoms with Gasteiger partial charge in [0.25, 0.3) is 5.92 Å². The highest BCUT2D eigenvalue weighted by Crippen LogP contribution is 2.40. The van der Waals surface area contributed by atoms with Crippen LogP contribution in [-0.4, -0.2) is 30.0 Å². The lowest BCUT2D eigenvalue weighted by Gasteiger charge is -2.16. The number of halogens is 2.